The summed E-state index contributed by atoms with van der Waals surface area (Å²) in [6, 6.07) is 21.7. The number of nitrogens with zero attached hydrogens (tertiary/aromatic N) is 3. The molecule has 1 aromatic heterocycles. The Hall–Kier alpha value is -3.91. The van der Waals surface area contributed by atoms with Gasteiger partial charge in [0.15, 0.2) is 5.11 Å². The maximum absolute atomic E-state index is 13.6. The van der Waals surface area contributed by atoms with Crippen LogP contribution in [0.5, 0.6) is 0 Å². The minimum Gasteiger partial charge on any atom is -0.351 e. The number of allylic oxidation sites excluding steroid dienone is 1. The summed E-state index contributed by atoms with van der Waals surface area (Å²) in [5, 5.41) is 8.01. The van der Waals surface area contributed by atoms with E-state index in [1.165, 1.54) is 24.3 Å². The zero-order valence-corrected chi connectivity index (χ0v) is 19.0. The topological polar surface area (TPSA) is 54.2 Å². The zero-order valence-electron chi connectivity index (χ0n) is 18.2. The lowest BCUT2D eigenvalue weighted by Crippen LogP contribution is -2.45. The van der Waals surface area contributed by atoms with Gasteiger partial charge in [-0.1, -0.05) is 47.6 Å². The largest absolute Gasteiger partial charge is 0.351 e. The monoisotopic (exact) mass is 474 g/mol. The van der Waals surface area contributed by atoms with Gasteiger partial charge < -0.3 is 14.7 Å². The number of benzene rings is 3. The van der Waals surface area contributed by atoms with Crippen LogP contribution in [0.25, 0.3) is 17.0 Å². The van der Waals surface area contributed by atoms with Gasteiger partial charge in [-0.3, -0.25) is 0 Å². The number of halogens is 2. The number of rotatable bonds is 5. The molecule has 1 atom stereocenters. The highest BCUT2D eigenvalue weighted by Gasteiger charge is 2.34. The number of thiocarbonyl (C=S) groups is 1. The fourth-order valence-corrected chi connectivity index (χ4v) is 4.29. The summed E-state index contributed by atoms with van der Waals surface area (Å²) < 4.78 is 32.6. The van der Waals surface area contributed by atoms with Crippen molar-refractivity contribution in [1.82, 2.24) is 20.4 Å². The Morgan fingerprint density at radius 1 is 0.941 bits per heavy atom. The van der Waals surface area contributed by atoms with Crippen LogP contribution in [0.2, 0.25) is 0 Å². The predicted octanol–water partition coefficient (Wildman–Crippen LogP) is 5.88. The molecule has 0 spiro atoms. The maximum Gasteiger partial charge on any atom is 0.258 e. The second-order valence-corrected chi connectivity index (χ2v) is 8.32. The van der Waals surface area contributed by atoms with Crippen molar-refractivity contribution >= 4 is 22.9 Å². The Morgan fingerprint density at radius 2 is 1.59 bits per heavy atom. The molecule has 0 bridgehead atoms. The van der Waals surface area contributed by atoms with Crippen molar-refractivity contribution < 1.29 is 13.3 Å². The normalized spacial score (nSPS) is 16.0. The molecule has 0 amide bonds. The van der Waals surface area contributed by atoms with Crippen LogP contribution in [0.15, 0.2) is 89.1 Å². The van der Waals surface area contributed by atoms with Gasteiger partial charge in [0, 0.05) is 17.8 Å². The maximum atomic E-state index is 13.6. The van der Waals surface area contributed by atoms with Crippen LogP contribution in [-0.2, 0) is 6.54 Å². The summed E-state index contributed by atoms with van der Waals surface area (Å²) in [6.07, 6.45) is 0. The molecule has 0 fully saturated rings. The van der Waals surface area contributed by atoms with E-state index < -0.39 is 6.04 Å². The van der Waals surface area contributed by atoms with E-state index in [4.69, 9.17) is 16.7 Å². The lowest BCUT2D eigenvalue weighted by atomic mass is 9.94. The van der Waals surface area contributed by atoms with Crippen molar-refractivity contribution in [2.75, 3.05) is 0 Å². The molecule has 2 heterocycles. The molecule has 0 aliphatic carbocycles. The van der Waals surface area contributed by atoms with Crippen LogP contribution < -0.4 is 5.32 Å². The first kappa shape index (κ1) is 21.9. The van der Waals surface area contributed by atoms with Crippen LogP contribution in [0.4, 0.5) is 8.78 Å². The molecule has 1 aliphatic rings. The third kappa shape index (κ3) is 4.32. The van der Waals surface area contributed by atoms with E-state index in [0.29, 0.717) is 28.9 Å². The van der Waals surface area contributed by atoms with E-state index in [0.717, 1.165) is 22.4 Å². The Morgan fingerprint density at radius 3 is 2.26 bits per heavy atom. The second kappa shape index (κ2) is 9.15. The molecule has 0 radical (unpaired) electrons. The molecule has 0 saturated carbocycles. The third-order valence-corrected chi connectivity index (χ3v) is 6.08. The van der Waals surface area contributed by atoms with E-state index in [2.05, 4.69) is 15.5 Å². The first-order valence-electron chi connectivity index (χ1n) is 10.7. The molecule has 8 heteroatoms. The minimum atomic E-state index is -0.415. The van der Waals surface area contributed by atoms with E-state index >= 15 is 0 Å². The Labute approximate surface area is 200 Å². The molecule has 3 aromatic carbocycles. The van der Waals surface area contributed by atoms with Crippen molar-refractivity contribution in [1.29, 1.82) is 0 Å². The summed E-state index contributed by atoms with van der Waals surface area (Å²) in [5.74, 6) is -0.0226. The highest BCUT2D eigenvalue weighted by molar-refractivity contribution is 7.80. The van der Waals surface area contributed by atoms with Crippen molar-refractivity contribution in [2.24, 2.45) is 0 Å². The van der Waals surface area contributed by atoms with Crippen LogP contribution in [-0.4, -0.2) is 20.2 Å². The van der Waals surface area contributed by atoms with Crippen LogP contribution in [0.1, 0.15) is 30.0 Å². The summed E-state index contributed by atoms with van der Waals surface area (Å²) in [7, 11) is 0. The van der Waals surface area contributed by atoms with Gasteiger partial charge in [-0.15, -0.1) is 0 Å². The smallest absolute Gasteiger partial charge is 0.258 e. The van der Waals surface area contributed by atoms with E-state index in [9.17, 15) is 8.78 Å². The summed E-state index contributed by atoms with van der Waals surface area (Å²) in [5.41, 5.74) is 4.10. The first-order valence-corrected chi connectivity index (χ1v) is 11.1. The Bertz CT molecular complexity index is 1350. The Kier molecular flexibility index (Phi) is 5.90. The van der Waals surface area contributed by atoms with Crippen molar-refractivity contribution in [2.45, 2.75) is 19.5 Å². The molecule has 5 rings (SSSR count). The highest BCUT2D eigenvalue weighted by atomic mass is 32.1. The lowest BCUT2D eigenvalue weighted by Gasteiger charge is -2.37. The summed E-state index contributed by atoms with van der Waals surface area (Å²) in [4.78, 5) is 6.58. The van der Waals surface area contributed by atoms with Gasteiger partial charge >= 0.3 is 0 Å². The number of nitrogens with one attached hydrogen (secondary N) is 1. The lowest BCUT2D eigenvalue weighted by molar-refractivity contribution is 0.396. The second-order valence-electron chi connectivity index (χ2n) is 7.93. The molecule has 5 nitrogen and oxygen atoms in total. The predicted molar refractivity (Wildman–Crippen MR) is 129 cm³/mol. The zero-order chi connectivity index (χ0) is 23.7. The quantitative estimate of drug-likeness (QED) is 0.365. The molecular weight excluding hydrogens is 454 g/mol. The summed E-state index contributed by atoms with van der Waals surface area (Å²) >= 11 is 5.71. The van der Waals surface area contributed by atoms with Crippen molar-refractivity contribution in [3.05, 3.63) is 113 Å². The first-order chi connectivity index (χ1) is 16.5. The fourth-order valence-electron chi connectivity index (χ4n) is 3.97. The molecule has 34 heavy (non-hydrogen) atoms. The SMILES string of the molecule is CC1=C(c2nc(-c3ccc(F)cc3)no2)C(c2ccc(F)cc2)NC(=S)N1Cc1ccccc1. The molecule has 1 aliphatic heterocycles. The van der Waals surface area contributed by atoms with Gasteiger partial charge in [-0.2, -0.15) is 4.98 Å². The van der Waals surface area contributed by atoms with Gasteiger partial charge in [0.2, 0.25) is 5.82 Å². The third-order valence-electron chi connectivity index (χ3n) is 5.74. The number of hydrogen-bond acceptors (Lipinski definition) is 4. The van der Waals surface area contributed by atoms with Gasteiger partial charge in [0.1, 0.15) is 11.6 Å². The average molecular weight is 475 g/mol. The van der Waals surface area contributed by atoms with E-state index in [-0.39, 0.29) is 11.6 Å². The molecule has 170 valence electrons. The number of hydrogen-bond donors (Lipinski definition) is 1. The van der Waals surface area contributed by atoms with E-state index in [1.807, 2.05) is 42.2 Å². The van der Waals surface area contributed by atoms with Crippen molar-refractivity contribution in [3.63, 3.8) is 0 Å². The van der Waals surface area contributed by atoms with Gasteiger partial charge in [-0.05, 0) is 66.7 Å². The summed E-state index contributed by atoms with van der Waals surface area (Å²) in [6.45, 7) is 2.50. The van der Waals surface area contributed by atoms with E-state index in [1.54, 1.807) is 24.3 Å². The van der Waals surface area contributed by atoms with Crippen LogP contribution >= 0.6 is 12.2 Å². The molecule has 0 saturated heterocycles. The van der Waals surface area contributed by atoms with Crippen molar-refractivity contribution in [3.8, 4) is 11.4 Å². The molecule has 1 unspecified atom stereocenters. The minimum absolute atomic E-state index is 0.305. The van der Waals surface area contributed by atoms with Gasteiger partial charge in [0.25, 0.3) is 5.89 Å². The standard InChI is InChI=1S/C26H20F2N4OS/c1-16-22(25-30-24(31-33-25)19-9-13-21(28)14-10-19)23(18-7-11-20(27)12-8-18)29-26(34)32(16)15-17-5-3-2-4-6-17/h2-14,23H,15H2,1H3,(H,29,34). The highest BCUT2D eigenvalue weighted by Crippen LogP contribution is 2.38. The Balaban J connectivity index is 1.59. The van der Waals surface area contributed by atoms with Gasteiger partial charge in [0.05, 0.1) is 11.6 Å². The molecular formula is C26H20F2N4OS. The van der Waals surface area contributed by atoms with Gasteiger partial charge in [-0.25, -0.2) is 8.78 Å². The average Bonchev–Trinajstić information content (AvgIpc) is 3.33. The van der Waals surface area contributed by atoms with Crippen LogP contribution in [0, 0.1) is 11.6 Å². The molecule has 4 aromatic rings. The van der Waals surface area contributed by atoms with Crippen LogP contribution in [0.3, 0.4) is 0 Å². The number of aromatic nitrogens is 2. The fraction of sp³-hybridized carbons (Fsp3) is 0.115. The molecule has 1 N–H and O–H groups in total.